The molecule has 0 spiro atoms. The van der Waals surface area contributed by atoms with E-state index in [0.29, 0.717) is 21.8 Å². The molecule has 84 valence electrons. The fourth-order valence-electron chi connectivity index (χ4n) is 1.09. The first-order chi connectivity index (χ1) is 7.78. The summed E-state index contributed by atoms with van der Waals surface area (Å²) in [5, 5.41) is 18.0. The lowest BCUT2D eigenvalue weighted by atomic mass is 10.2. The van der Waals surface area contributed by atoms with Gasteiger partial charge in [-0.1, -0.05) is 40.2 Å². The van der Waals surface area contributed by atoms with Gasteiger partial charge in [-0.15, -0.1) is 5.10 Å². The van der Waals surface area contributed by atoms with E-state index in [1.165, 1.54) is 11.3 Å². The first-order valence-electron chi connectivity index (χ1n) is 4.58. The Hall–Kier alpha value is -1.17. The van der Waals surface area contributed by atoms with E-state index in [1.807, 2.05) is 12.1 Å². The summed E-state index contributed by atoms with van der Waals surface area (Å²) in [6.45, 7) is 0.305. The van der Waals surface area contributed by atoms with Crippen LogP contribution in [0, 0.1) is 0 Å². The Labute approximate surface area is 101 Å². The minimum Gasteiger partial charge on any atom is -0.464 e. The van der Waals surface area contributed by atoms with Crippen molar-refractivity contribution in [3.63, 3.8) is 0 Å². The molecule has 16 heavy (non-hydrogen) atoms. The minimum atomic E-state index is -0.109. The highest BCUT2D eigenvalue weighted by Crippen LogP contribution is 2.19. The van der Waals surface area contributed by atoms with E-state index in [4.69, 9.17) is 21.4 Å². The minimum absolute atomic E-state index is 0.109. The molecule has 2 rings (SSSR count). The summed E-state index contributed by atoms with van der Waals surface area (Å²) in [5.74, 6) is 0. The van der Waals surface area contributed by atoms with Gasteiger partial charge < -0.3 is 9.84 Å². The molecule has 1 aromatic heterocycles. The molecule has 2 aromatic rings. The number of rotatable bonds is 4. The summed E-state index contributed by atoms with van der Waals surface area (Å²) >= 11 is 7.00. The van der Waals surface area contributed by atoms with Crippen molar-refractivity contribution in [3.05, 3.63) is 39.9 Å². The van der Waals surface area contributed by atoms with Gasteiger partial charge in [-0.25, -0.2) is 0 Å². The maximum atomic E-state index is 8.80. The van der Waals surface area contributed by atoms with Crippen LogP contribution in [0.25, 0.3) is 0 Å². The van der Waals surface area contributed by atoms with E-state index < -0.39 is 0 Å². The molecule has 0 amide bonds. The van der Waals surface area contributed by atoms with Crippen LogP contribution in [0.3, 0.4) is 0 Å². The number of aromatic nitrogens is 2. The highest BCUT2D eigenvalue weighted by atomic mass is 35.5. The summed E-state index contributed by atoms with van der Waals surface area (Å²) in [7, 11) is 0. The monoisotopic (exact) mass is 256 g/mol. The number of nitrogens with zero attached hydrogens (tertiary/aromatic N) is 2. The zero-order valence-electron chi connectivity index (χ0n) is 8.26. The molecule has 0 radical (unpaired) electrons. The second kappa shape index (κ2) is 5.25. The van der Waals surface area contributed by atoms with Crippen molar-refractivity contribution in [2.24, 2.45) is 0 Å². The molecule has 0 bridgehead atoms. The van der Waals surface area contributed by atoms with E-state index in [0.717, 1.165) is 5.56 Å². The fourth-order valence-corrected chi connectivity index (χ4v) is 1.76. The molecule has 0 saturated carbocycles. The first-order valence-corrected chi connectivity index (χ1v) is 5.78. The van der Waals surface area contributed by atoms with E-state index in [9.17, 15) is 0 Å². The second-order valence-corrected chi connectivity index (χ2v) is 4.50. The largest absolute Gasteiger partial charge is 0.464 e. The van der Waals surface area contributed by atoms with Gasteiger partial charge >= 0.3 is 0 Å². The molecule has 0 aliphatic carbocycles. The van der Waals surface area contributed by atoms with Crippen molar-refractivity contribution >= 4 is 22.9 Å². The van der Waals surface area contributed by atoms with E-state index in [-0.39, 0.29) is 6.61 Å². The number of aliphatic hydroxyl groups is 1. The van der Waals surface area contributed by atoms with Gasteiger partial charge in [-0.3, -0.25) is 0 Å². The number of ether oxygens (including phenoxy) is 1. The topological polar surface area (TPSA) is 55.2 Å². The normalized spacial score (nSPS) is 10.4. The lowest BCUT2D eigenvalue weighted by Crippen LogP contribution is -1.94. The molecule has 4 nitrogen and oxygen atoms in total. The van der Waals surface area contributed by atoms with Gasteiger partial charge in [0.25, 0.3) is 5.19 Å². The lowest BCUT2D eigenvalue weighted by molar-refractivity contribution is 0.279. The molecule has 0 aliphatic heterocycles. The Morgan fingerprint density at radius 3 is 2.62 bits per heavy atom. The number of hydrogen-bond donors (Lipinski definition) is 1. The van der Waals surface area contributed by atoms with Crippen LogP contribution in [0.5, 0.6) is 5.19 Å². The summed E-state index contributed by atoms with van der Waals surface area (Å²) < 4.78 is 5.41. The number of benzene rings is 1. The standard InChI is InChI=1S/C10H9ClN2O2S/c11-8-3-1-7(2-4-8)6-15-10-13-12-9(5-14)16-10/h1-4,14H,5-6H2. The van der Waals surface area contributed by atoms with Gasteiger partial charge in [0.2, 0.25) is 0 Å². The third kappa shape index (κ3) is 2.91. The van der Waals surface area contributed by atoms with Crippen LogP contribution in [-0.2, 0) is 13.2 Å². The number of hydrogen-bond acceptors (Lipinski definition) is 5. The Morgan fingerprint density at radius 2 is 2.00 bits per heavy atom. The van der Waals surface area contributed by atoms with Crippen LogP contribution in [0.4, 0.5) is 0 Å². The van der Waals surface area contributed by atoms with E-state index in [1.54, 1.807) is 12.1 Å². The van der Waals surface area contributed by atoms with Crippen LogP contribution in [0.2, 0.25) is 5.02 Å². The SMILES string of the molecule is OCc1nnc(OCc2ccc(Cl)cc2)s1. The lowest BCUT2D eigenvalue weighted by Gasteiger charge is -2.01. The summed E-state index contributed by atoms with van der Waals surface area (Å²) in [4.78, 5) is 0. The van der Waals surface area contributed by atoms with Crippen LogP contribution >= 0.6 is 22.9 Å². The molecule has 0 atom stereocenters. The third-order valence-corrected chi connectivity index (χ3v) is 2.93. The van der Waals surface area contributed by atoms with E-state index >= 15 is 0 Å². The molecule has 1 N–H and O–H groups in total. The Kier molecular flexibility index (Phi) is 3.71. The van der Waals surface area contributed by atoms with Crippen molar-refractivity contribution in [1.29, 1.82) is 0 Å². The quantitative estimate of drug-likeness (QED) is 0.912. The zero-order valence-corrected chi connectivity index (χ0v) is 9.83. The predicted octanol–water partition coefficient (Wildman–Crippen LogP) is 2.26. The number of aliphatic hydroxyl groups excluding tert-OH is 1. The molecule has 0 fully saturated rings. The van der Waals surface area contributed by atoms with E-state index in [2.05, 4.69) is 10.2 Å². The predicted molar refractivity (Wildman–Crippen MR) is 61.6 cm³/mol. The maximum absolute atomic E-state index is 8.80. The van der Waals surface area contributed by atoms with Gasteiger partial charge in [-0.2, -0.15) is 0 Å². The van der Waals surface area contributed by atoms with Gasteiger partial charge in [0.05, 0.1) is 6.61 Å². The van der Waals surface area contributed by atoms with Crippen molar-refractivity contribution in [1.82, 2.24) is 10.2 Å². The van der Waals surface area contributed by atoms with Crippen molar-refractivity contribution in [2.75, 3.05) is 0 Å². The van der Waals surface area contributed by atoms with Crippen molar-refractivity contribution < 1.29 is 9.84 Å². The smallest absolute Gasteiger partial charge is 0.294 e. The molecule has 1 aromatic carbocycles. The third-order valence-electron chi connectivity index (χ3n) is 1.86. The second-order valence-electron chi connectivity index (χ2n) is 3.03. The van der Waals surface area contributed by atoms with Gasteiger partial charge in [0, 0.05) is 5.02 Å². The summed E-state index contributed by atoms with van der Waals surface area (Å²) in [6.07, 6.45) is 0. The number of halogens is 1. The van der Waals surface area contributed by atoms with Gasteiger partial charge in [-0.05, 0) is 17.7 Å². The summed E-state index contributed by atoms with van der Waals surface area (Å²) in [6, 6.07) is 7.38. The molecular formula is C10H9ClN2O2S. The van der Waals surface area contributed by atoms with Crippen LogP contribution < -0.4 is 4.74 Å². The van der Waals surface area contributed by atoms with Crippen molar-refractivity contribution in [2.45, 2.75) is 13.2 Å². The Morgan fingerprint density at radius 1 is 1.25 bits per heavy atom. The molecule has 0 aliphatic rings. The zero-order chi connectivity index (χ0) is 11.4. The van der Waals surface area contributed by atoms with Crippen LogP contribution in [0.1, 0.15) is 10.6 Å². The maximum Gasteiger partial charge on any atom is 0.294 e. The Bertz CT molecular complexity index is 458. The average Bonchev–Trinajstić information content (AvgIpc) is 2.76. The Balaban J connectivity index is 1.94. The highest BCUT2D eigenvalue weighted by molar-refractivity contribution is 7.13. The molecule has 0 unspecified atom stereocenters. The highest BCUT2D eigenvalue weighted by Gasteiger charge is 2.03. The first kappa shape index (κ1) is 11.3. The van der Waals surface area contributed by atoms with Gasteiger partial charge in [0.1, 0.15) is 11.6 Å². The molecule has 6 heteroatoms. The molecule has 0 saturated heterocycles. The average molecular weight is 257 g/mol. The van der Waals surface area contributed by atoms with Crippen LogP contribution in [0.15, 0.2) is 24.3 Å². The van der Waals surface area contributed by atoms with Gasteiger partial charge in [0.15, 0.2) is 0 Å². The molecule has 1 heterocycles. The summed E-state index contributed by atoms with van der Waals surface area (Å²) in [5.41, 5.74) is 1.00. The van der Waals surface area contributed by atoms with Crippen LogP contribution in [-0.4, -0.2) is 15.3 Å². The fraction of sp³-hybridized carbons (Fsp3) is 0.200. The van der Waals surface area contributed by atoms with Crippen molar-refractivity contribution in [3.8, 4) is 5.19 Å². The molecular weight excluding hydrogens is 248 g/mol.